The maximum atomic E-state index is 12.7. The average molecular weight is 454 g/mol. The first-order chi connectivity index (χ1) is 15.3. The number of rotatable bonds is 6. The Kier molecular flexibility index (Phi) is 6.29. The van der Waals surface area contributed by atoms with Crippen molar-refractivity contribution in [3.05, 3.63) is 65.5 Å². The lowest BCUT2D eigenvalue weighted by Crippen LogP contribution is -2.36. The number of anilines is 4. The van der Waals surface area contributed by atoms with Crippen LogP contribution < -0.4 is 14.9 Å². The van der Waals surface area contributed by atoms with E-state index in [1.165, 1.54) is 0 Å². The number of aryl methyl sites for hydroxylation is 3. The Balaban J connectivity index is 1.47. The Bertz CT molecular complexity index is 1210. The number of sulfonamides is 1. The molecular weight excluding hydrogens is 426 g/mol. The number of morpholine rings is 1. The van der Waals surface area contributed by atoms with Gasteiger partial charge in [-0.15, -0.1) is 0 Å². The summed E-state index contributed by atoms with van der Waals surface area (Å²) in [7, 11) is -3.65. The molecule has 1 aromatic heterocycles. The molecule has 3 aromatic rings. The van der Waals surface area contributed by atoms with Gasteiger partial charge in [0, 0.05) is 30.5 Å². The van der Waals surface area contributed by atoms with Crippen LogP contribution in [0.1, 0.15) is 17.0 Å². The van der Waals surface area contributed by atoms with Crippen LogP contribution in [-0.4, -0.2) is 44.7 Å². The van der Waals surface area contributed by atoms with Crippen LogP contribution >= 0.6 is 0 Å². The number of nitrogens with one attached hydrogen (secondary N) is 2. The van der Waals surface area contributed by atoms with Crippen molar-refractivity contribution < 1.29 is 13.2 Å². The molecule has 0 spiro atoms. The third-order valence-electron chi connectivity index (χ3n) is 5.36. The summed E-state index contributed by atoms with van der Waals surface area (Å²) in [6.45, 7) is 8.68. The summed E-state index contributed by atoms with van der Waals surface area (Å²) in [4.78, 5) is 11.4. The maximum Gasteiger partial charge on any atom is 0.261 e. The summed E-state index contributed by atoms with van der Waals surface area (Å²) in [6.07, 6.45) is 0. The number of hydrogen-bond acceptors (Lipinski definition) is 7. The molecule has 9 heteroatoms. The van der Waals surface area contributed by atoms with Gasteiger partial charge in [-0.2, -0.15) is 0 Å². The minimum absolute atomic E-state index is 0.245. The van der Waals surface area contributed by atoms with Crippen molar-refractivity contribution in [2.45, 2.75) is 25.7 Å². The van der Waals surface area contributed by atoms with E-state index < -0.39 is 10.0 Å². The Morgan fingerprint density at radius 2 is 1.56 bits per heavy atom. The van der Waals surface area contributed by atoms with Crippen LogP contribution in [0.2, 0.25) is 0 Å². The highest BCUT2D eigenvalue weighted by molar-refractivity contribution is 7.92. The summed E-state index contributed by atoms with van der Waals surface area (Å²) in [5.74, 6) is 2.22. The molecule has 2 aromatic carbocycles. The number of hydrogen-bond donors (Lipinski definition) is 2. The molecule has 1 aliphatic rings. The largest absolute Gasteiger partial charge is 0.378 e. The molecule has 8 nitrogen and oxygen atoms in total. The molecule has 1 fully saturated rings. The van der Waals surface area contributed by atoms with E-state index in [4.69, 9.17) is 4.74 Å². The van der Waals surface area contributed by atoms with Crippen LogP contribution in [0.15, 0.2) is 53.4 Å². The SMILES string of the molecule is Cc1nc(Nc2ccc(NS(=O)(=O)c3ccc(C)c(C)c3)cc2)cc(N2CCOCC2)n1. The molecule has 0 bridgehead atoms. The number of ether oxygens (including phenoxy) is 1. The molecule has 0 saturated carbocycles. The van der Waals surface area contributed by atoms with Gasteiger partial charge < -0.3 is 15.0 Å². The van der Waals surface area contributed by atoms with Gasteiger partial charge in [0.1, 0.15) is 17.5 Å². The number of aromatic nitrogens is 2. The average Bonchev–Trinajstić information content (AvgIpc) is 2.77. The Morgan fingerprint density at radius 3 is 2.25 bits per heavy atom. The van der Waals surface area contributed by atoms with E-state index in [9.17, 15) is 8.42 Å². The van der Waals surface area contributed by atoms with E-state index in [2.05, 4.69) is 24.9 Å². The summed E-state index contributed by atoms with van der Waals surface area (Å²) in [5, 5.41) is 3.27. The molecule has 0 amide bonds. The zero-order valence-corrected chi connectivity index (χ0v) is 19.2. The van der Waals surface area contributed by atoms with Gasteiger partial charge in [0.2, 0.25) is 0 Å². The molecule has 1 saturated heterocycles. The highest BCUT2D eigenvalue weighted by Gasteiger charge is 2.16. The second-order valence-electron chi connectivity index (χ2n) is 7.81. The van der Waals surface area contributed by atoms with Gasteiger partial charge in [-0.1, -0.05) is 6.07 Å². The summed E-state index contributed by atoms with van der Waals surface area (Å²) in [5.41, 5.74) is 3.27. The van der Waals surface area contributed by atoms with E-state index in [-0.39, 0.29) is 4.90 Å². The Morgan fingerprint density at radius 1 is 0.875 bits per heavy atom. The van der Waals surface area contributed by atoms with E-state index in [1.807, 2.05) is 45.0 Å². The van der Waals surface area contributed by atoms with Gasteiger partial charge >= 0.3 is 0 Å². The van der Waals surface area contributed by atoms with Crippen molar-refractivity contribution in [2.75, 3.05) is 41.2 Å². The highest BCUT2D eigenvalue weighted by atomic mass is 32.2. The van der Waals surface area contributed by atoms with Crippen LogP contribution in [0, 0.1) is 20.8 Å². The first kappa shape index (κ1) is 22.0. The molecule has 0 aliphatic carbocycles. The molecule has 0 atom stereocenters. The zero-order valence-electron chi connectivity index (χ0n) is 18.4. The molecule has 0 radical (unpaired) electrons. The molecular formula is C23H27N5O3S. The molecule has 2 N–H and O–H groups in total. The van der Waals surface area contributed by atoms with Crippen molar-refractivity contribution in [2.24, 2.45) is 0 Å². The van der Waals surface area contributed by atoms with E-state index >= 15 is 0 Å². The second kappa shape index (κ2) is 9.13. The lowest BCUT2D eigenvalue weighted by atomic mass is 10.1. The monoisotopic (exact) mass is 453 g/mol. The topological polar surface area (TPSA) is 96.5 Å². The zero-order chi connectivity index (χ0) is 22.7. The van der Waals surface area contributed by atoms with E-state index in [0.29, 0.717) is 30.5 Å². The fourth-order valence-electron chi connectivity index (χ4n) is 3.44. The molecule has 0 unspecified atom stereocenters. The van der Waals surface area contributed by atoms with Crippen LogP contribution in [0.25, 0.3) is 0 Å². The third kappa shape index (κ3) is 5.17. The third-order valence-corrected chi connectivity index (χ3v) is 6.74. The normalized spacial score (nSPS) is 14.3. The standard InChI is InChI=1S/C23H27N5O3S/c1-16-4-9-21(14-17(16)2)32(29,30)27-20-7-5-19(6-8-20)26-22-15-23(25-18(3)24-22)28-10-12-31-13-11-28/h4-9,14-15,27H,10-13H2,1-3H3,(H,24,25,26). The minimum atomic E-state index is -3.65. The van der Waals surface area contributed by atoms with Gasteiger partial charge in [-0.25, -0.2) is 18.4 Å². The predicted octanol–water partition coefficient (Wildman–Crippen LogP) is 3.78. The van der Waals surface area contributed by atoms with Crippen LogP contribution in [0.3, 0.4) is 0 Å². The predicted molar refractivity (Wildman–Crippen MR) is 126 cm³/mol. The van der Waals surface area contributed by atoms with Crippen molar-refractivity contribution in [1.82, 2.24) is 9.97 Å². The first-order valence-corrected chi connectivity index (χ1v) is 11.9. The molecule has 4 rings (SSSR count). The van der Waals surface area contributed by atoms with Crippen molar-refractivity contribution in [3.63, 3.8) is 0 Å². The molecule has 32 heavy (non-hydrogen) atoms. The summed E-state index contributed by atoms with van der Waals surface area (Å²) >= 11 is 0. The van der Waals surface area contributed by atoms with Crippen molar-refractivity contribution in [3.8, 4) is 0 Å². The van der Waals surface area contributed by atoms with Crippen molar-refractivity contribution in [1.29, 1.82) is 0 Å². The maximum absolute atomic E-state index is 12.7. The van der Waals surface area contributed by atoms with E-state index in [0.717, 1.165) is 35.7 Å². The summed E-state index contributed by atoms with van der Waals surface area (Å²) < 4.78 is 33.5. The van der Waals surface area contributed by atoms with Crippen LogP contribution in [0.5, 0.6) is 0 Å². The van der Waals surface area contributed by atoms with Gasteiger partial charge in [-0.3, -0.25) is 4.72 Å². The van der Waals surface area contributed by atoms with Gasteiger partial charge in [0.15, 0.2) is 0 Å². The first-order valence-electron chi connectivity index (χ1n) is 10.5. The minimum Gasteiger partial charge on any atom is -0.378 e. The van der Waals surface area contributed by atoms with Gasteiger partial charge in [-0.05, 0) is 68.3 Å². The highest BCUT2D eigenvalue weighted by Crippen LogP contribution is 2.23. The van der Waals surface area contributed by atoms with Crippen molar-refractivity contribution >= 4 is 33.0 Å². The molecule has 168 valence electrons. The van der Waals surface area contributed by atoms with Crippen LogP contribution in [-0.2, 0) is 14.8 Å². The van der Waals surface area contributed by atoms with Crippen LogP contribution in [0.4, 0.5) is 23.0 Å². The quantitative estimate of drug-likeness (QED) is 0.586. The van der Waals surface area contributed by atoms with Gasteiger partial charge in [0.25, 0.3) is 10.0 Å². The Labute approximate surface area is 188 Å². The number of nitrogens with zero attached hydrogens (tertiary/aromatic N) is 3. The second-order valence-corrected chi connectivity index (χ2v) is 9.49. The molecule has 2 heterocycles. The molecule has 1 aliphatic heterocycles. The number of benzene rings is 2. The van der Waals surface area contributed by atoms with E-state index in [1.54, 1.807) is 24.3 Å². The smallest absolute Gasteiger partial charge is 0.261 e. The Hall–Kier alpha value is -3.17. The lowest BCUT2D eigenvalue weighted by molar-refractivity contribution is 0.122. The van der Waals surface area contributed by atoms with Gasteiger partial charge in [0.05, 0.1) is 18.1 Å². The lowest BCUT2D eigenvalue weighted by Gasteiger charge is -2.28. The summed E-state index contributed by atoms with van der Waals surface area (Å²) in [6, 6.07) is 14.1. The fraction of sp³-hybridized carbons (Fsp3) is 0.304. The fourth-order valence-corrected chi connectivity index (χ4v) is 4.58.